The van der Waals surface area contributed by atoms with Crippen molar-refractivity contribution in [3.05, 3.63) is 57.8 Å². The highest BCUT2D eigenvalue weighted by Gasteiger charge is 2.10. The number of likely N-dealkylation sites (N-methyl/N-ethyl adjacent to an activating group) is 1. The third-order valence-corrected chi connectivity index (χ3v) is 4.88. The van der Waals surface area contributed by atoms with Crippen LogP contribution in [0.3, 0.4) is 0 Å². The first-order valence-electron chi connectivity index (χ1n) is 7.66. The largest absolute Gasteiger partial charge is 0.314 e. The number of nitrogens with one attached hydrogen (secondary N) is 1. The van der Waals surface area contributed by atoms with Crippen LogP contribution in [0.1, 0.15) is 35.6 Å². The third-order valence-electron chi connectivity index (χ3n) is 3.63. The van der Waals surface area contributed by atoms with Gasteiger partial charge in [-0.2, -0.15) is 0 Å². The van der Waals surface area contributed by atoms with Gasteiger partial charge in [0.05, 0.1) is 0 Å². The average Bonchev–Trinajstić information content (AvgIpc) is 2.94. The lowest BCUT2D eigenvalue weighted by Gasteiger charge is -2.17. The molecule has 0 aliphatic carbocycles. The standard InChI is InChI=1S/C18H25NS/c1-3-17-12-13-18(20-17)14-16(19-4-2)11-10-15-8-6-5-7-9-15/h5-9,12-13,16,19H,3-4,10-11,14H2,1-2H3. The van der Waals surface area contributed by atoms with E-state index in [0.717, 1.165) is 25.8 Å². The number of benzene rings is 1. The zero-order valence-electron chi connectivity index (χ0n) is 12.6. The Labute approximate surface area is 127 Å². The van der Waals surface area contributed by atoms with Crippen LogP contribution < -0.4 is 5.32 Å². The summed E-state index contributed by atoms with van der Waals surface area (Å²) >= 11 is 1.97. The SMILES string of the molecule is CCNC(CCc1ccccc1)Cc1ccc(CC)s1. The Hall–Kier alpha value is -1.12. The van der Waals surface area contributed by atoms with Crippen LogP contribution in [0, 0.1) is 0 Å². The Morgan fingerprint density at radius 3 is 2.40 bits per heavy atom. The van der Waals surface area contributed by atoms with Crippen LogP contribution >= 0.6 is 11.3 Å². The number of hydrogen-bond acceptors (Lipinski definition) is 2. The summed E-state index contributed by atoms with van der Waals surface area (Å²) in [5, 5.41) is 3.64. The van der Waals surface area contributed by atoms with Crippen molar-refractivity contribution in [1.82, 2.24) is 5.32 Å². The van der Waals surface area contributed by atoms with Crippen LogP contribution in [0.25, 0.3) is 0 Å². The van der Waals surface area contributed by atoms with Crippen molar-refractivity contribution in [3.63, 3.8) is 0 Å². The number of rotatable bonds is 8. The summed E-state index contributed by atoms with van der Waals surface area (Å²) < 4.78 is 0. The topological polar surface area (TPSA) is 12.0 Å². The Bertz CT molecular complexity index is 489. The zero-order chi connectivity index (χ0) is 14.2. The summed E-state index contributed by atoms with van der Waals surface area (Å²) in [4.78, 5) is 3.01. The van der Waals surface area contributed by atoms with Gasteiger partial charge in [0.1, 0.15) is 0 Å². The van der Waals surface area contributed by atoms with Gasteiger partial charge in [0.15, 0.2) is 0 Å². The van der Waals surface area contributed by atoms with Gasteiger partial charge in [0.2, 0.25) is 0 Å². The third kappa shape index (κ3) is 4.77. The van der Waals surface area contributed by atoms with E-state index in [9.17, 15) is 0 Å². The van der Waals surface area contributed by atoms with Gasteiger partial charge in [-0.3, -0.25) is 0 Å². The molecule has 1 heterocycles. The normalized spacial score (nSPS) is 12.5. The summed E-state index contributed by atoms with van der Waals surface area (Å²) in [7, 11) is 0. The van der Waals surface area contributed by atoms with E-state index in [-0.39, 0.29) is 0 Å². The van der Waals surface area contributed by atoms with Gasteiger partial charge in [-0.15, -0.1) is 11.3 Å². The lowest BCUT2D eigenvalue weighted by Crippen LogP contribution is -2.31. The summed E-state index contributed by atoms with van der Waals surface area (Å²) in [5.74, 6) is 0. The molecule has 0 aliphatic rings. The first kappa shape index (κ1) is 15.3. The molecule has 2 heteroatoms. The van der Waals surface area contributed by atoms with E-state index in [1.54, 1.807) is 0 Å². The van der Waals surface area contributed by atoms with Crippen molar-refractivity contribution in [1.29, 1.82) is 0 Å². The van der Waals surface area contributed by atoms with Crippen molar-refractivity contribution in [3.8, 4) is 0 Å². The highest BCUT2D eigenvalue weighted by Crippen LogP contribution is 2.19. The molecular formula is C18H25NS. The lowest BCUT2D eigenvalue weighted by atomic mass is 10.0. The summed E-state index contributed by atoms with van der Waals surface area (Å²) in [6, 6.07) is 16.0. The van der Waals surface area contributed by atoms with Crippen molar-refractivity contribution in [2.24, 2.45) is 0 Å². The number of aryl methyl sites for hydroxylation is 2. The van der Waals surface area contributed by atoms with E-state index in [2.05, 4.69) is 61.6 Å². The van der Waals surface area contributed by atoms with Crippen molar-refractivity contribution >= 4 is 11.3 Å². The Morgan fingerprint density at radius 2 is 1.75 bits per heavy atom. The predicted molar refractivity (Wildman–Crippen MR) is 89.6 cm³/mol. The van der Waals surface area contributed by atoms with E-state index < -0.39 is 0 Å². The van der Waals surface area contributed by atoms with E-state index >= 15 is 0 Å². The fourth-order valence-electron chi connectivity index (χ4n) is 2.52. The summed E-state index contributed by atoms with van der Waals surface area (Å²) in [6.07, 6.45) is 4.67. The second-order valence-electron chi connectivity index (χ2n) is 5.20. The van der Waals surface area contributed by atoms with Gasteiger partial charge in [-0.1, -0.05) is 44.2 Å². The molecule has 0 spiro atoms. The van der Waals surface area contributed by atoms with E-state index in [1.807, 2.05) is 11.3 Å². The maximum atomic E-state index is 3.64. The van der Waals surface area contributed by atoms with Crippen LogP contribution in [0.15, 0.2) is 42.5 Å². The molecule has 1 nitrogen and oxygen atoms in total. The van der Waals surface area contributed by atoms with Gasteiger partial charge in [0.25, 0.3) is 0 Å². The van der Waals surface area contributed by atoms with Crippen LogP contribution in [0.5, 0.6) is 0 Å². The molecule has 1 aromatic heterocycles. The molecule has 0 radical (unpaired) electrons. The molecule has 1 aromatic carbocycles. The smallest absolute Gasteiger partial charge is 0.0118 e. The summed E-state index contributed by atoms with van der Waals surface area (Å²) in [5.41, 5.74) is 1.44. The zero-order valence-corrected chi connectivity index (χ0v) is 13.4. The molecule has 20 heavy (non-hydrogen) atoms. The van der Waals surface area contributed by atoms with Gasteiger partial charge >= 0.3 is 0 Å². The number of hydrogen-bond donors (Lipinski definition) is 1. The molecule has 1 N–H and O–H groups in total. The molecule has 0 aliphatic heterocycles. The molecular weight excluding hydrogens is 262 g/mol. The molecule has 2 rings (SSSR count). The maximum Gasteiger partial charge on any atom is 0.0118 e. The van der Waals surface area contributed by atoms with Crippen molar-refractivity contribution in [2.75, 3.05) is 6.54 Å². The minimum Gasteiger partial charge on any atom is -0.314 e. The minimum atomic E-state index is 0.587. The van der Waals surface area contributed by atoms with Crippen LogP contribution in [-0.2, 0) is 19.3 Å². The summed E-state index contributed by atoms with van der Waals surface area (Å²) in [6.45, 7) is 5.47. The molecule has 0 bridgehead atoms. The first-order valence-corrected chi connectivity index (χ1v) is 8.48. The Kier molecular flexibility index (Phi) is 6.28. The molecule has 0 saturated heterocycles. The van der Waals surface area contributed by atoms with E-state index in [0.29, 0.717) is 6.04 Å². The lowest BCUT2D eigenvalue weighted by molar-refractivity contribution is 0.494. The van der Waals surface area contributed by atoms with E-state index in [4.69, 9.17) is 0 Å². The number of thiophene rings is 1. The monoisotopic (exact) mass is 287 g/mol. The molecule has 0 fully saturated rings. The molecule has 0 saturated carbocycles. The molecule has 0 amide bonds. The molecule has 2 aromatic rings. The molecule has 108 valence electrons. The van der Waals surface area contributed by atoms with Gasteiger partial charge < -0.3 is 5.32 Å². The fourth-order valence-corrected chi connectivity index (χ4v) is 3.55. The van der Waals surface area contributed by atoms with Crippen LogP contribution in [0.4, 0.5) is 0 Å². The Morgan fingerprint density at radius 1 is 1.00 bits per heavy atom. The van der Waals surface area contributed by atoms with Gasteiger partial charge in [-0.05, 0) is 49.9 Å². The van der Waals surface area contributed by atoms with E-state index in [1.165, 1.54) is 21.7 Å². The van der Waals surface area contributed by atoms with Crippen LogP contribution in [-0.4, -0.2) is 12.6 Å². The van der Waals surface area contributed by atoms with Crippen LogP contribution in [0.2, 0.25) is 0 Å². The minimum absolute atomic E-state index is 0.587. The van der Waals surface area contributed by atoms with Gasteiger partial charge in [0, 0.05) is 15.8 Å². The second-order valence-corrected chi connectivity index (χ2v) is 6.46. The second kappa shape index (κ2) is 8.23. The highest BCUT2D eigenvalue weighted by atomic mass is 32.1. The Balaban J connectivity index is 1.89. The first-order chi connectivity index (χ1) is 9.81. The maximum absolute atomic E-state index is 3.64. The average molecular weight is 287 g/mol. The highest BCUT2D eigenvalue weighted by molar-refractivity contribution is 7.11. The quantitative estimate of drug-likeness (QED) is 0.755. The predicted octanol–water partition coefficient (Wildman–Crippen LogP) is 4.46. The van der Waals surface area contributed by atoms with Crippen molar-refractivity contribution < 1.29 is 0 Å². The van der Waals surface area contributed by atoms with Gasteiger partial charge in [-0.25, -0.2) is 0 Å². The molecule has 1 atom stereocenters. The fraction of sp³-hybridized carbons (Fsp3) is 0.444. The molecule has 1 unspecified atom stereocenters. The van der Waals surface area contributed by atoms with Crippen molar-refractivity contribution in [2.45, 2.75) is 45.6 Å².